The number of aliphatic carboxylic acids is 1. The fraction of sp³-hybridized carbons (Fsp3) is 0.435. The van der Waals surface area contributed by atoms with E-state index in [0.717, 1.165) is 41.6 Å². The van der Waals surface area contributed by atoms with Gasteiger partial charge in [-0.05, 0) is 43.2 Å². The average molecular weight is 504 g/mol. The summed E-state index contributed by atoms with van der Waals surface area (Å²) in [6.07, 6.45) is -7.36. The summed E-state index contributed by atoms with van der Waals surface area (Å²) in [5.41, 5.74) is -4.97. The Kier molecular flexibility index (Phi) is 7.32. The molecule has 1 aromatic heterocycles. The number of hydrogen-bond acceptors (Lipinski definition) is 4. The highest BCUT2D eigenvalue weighted by atomic mass is 19.4. The molecule has 2 heterocycles. The molecule has 1 aliphatic heterocycles. The minimum Gasteiger partial charge on any atom is -0.478 e. The molecule has 1 aromatic carbocycles. The van der Waals surface area contributed by atoms with Crippen molar-refractivity contribution in [2.45, 2.75) is 56.6 Å². The molecule has 3 rings (SSSR count). The number of carboxylic acids is 1. The summed E-state index contributed by atoms with van der Waals surface area (Å²) in [6.45, 7) is 1.67. The van der Waals surface area contributed by atoms with Gasteiger partial charge in [-0.1, -0.05) is 13.3 Å². The maximum Gasteiger partial charge on any atom is 0.417 e. The van der Waals surface area contributed by atoms with Crippen molar-refractivity contribution < 1.29 is 45.8 Å². The zero-order chi connectivity index (χ0) is 26.0. The van der Waals surface area contributed by atoms with Crippen molar-refractivity contribution in [2.24, 2.45) is 0 Å². The van der Waals surface area contributed by atoms with Crippen LogP contribution in [0.1, 0.15) is 54.1 Å². The minimum atomic E-state index is -4.84. The molecule has 1 saturated heterocycles. The third kappa shape index (κ3) is 5.35. The van der Waals surface area contributed by atoms with Crippen LogP contribution in [0.25, 0.3) is 0 Å². The normalized spacial score (nSPS) is 21.0. The van der Waals surface area contributed by atoms with E-state index in [4.69, 9.17) is 4.74 Å². The molecular weight excluding hydrogens is 482 g/mol. The second kappa shape index (κ2) is 9.74. The van der Waals surface area contributed by atoms with Crippen molar-refractivity contribution in [3.05, 3.63) is 59.4 Å². The van der Waals surface area contributed by atoms with Gasteiger partial charge in [0.25, 0.3) is 5.91 Å². The molecule has 6 nitrogen and oxygen atoms in total. The first kappa shape index (κ1) is 26.3. The number of alkyl halides is 6. The SMILES string of the molecule is CCC[C@H]1N(C(=O)c2cnccc2C(F)(F)F)CCC[C@@]1(Oc1ccc(C(F)(F)F)cc1)C(=O)O. The van der Waals surface area contributed by atoms with Crippen LogP contribution in [0.3, 0.4) is 0 Å². The van der Waals surface area contributed by atoms with E-state index in [2.05, 4.69) is 4.98 Å². The molecule has 1 amide bonds. The van der Waals surface area contributed by atoms with Gasteiger partial charge in [-0.25, -0.2) is 4.79 Å². The van der Waals surface area contributed by atoms with Crippen LogP contribution in [-0.4, -0.2) is 45.1 Å². The van der Waals surface area contributed by atoms with E-state index in [1.165, 1.54) is 0 Å². The summed E-state index contributed by atoms with van der Waals surface area (Å²) in [6, 6.07) is 2.89. The Hall–Kier alpha value is -3.31. The number of piperidine rings is 1. The molecule has 0 saturated carbocycles. The van der Waals surface area contributed by atoms with Crippen molar-refractivity contribution in [3.8, 4) is 5.75 Å². The maximum absolute atomic E-state index is 13.5. The first-order valence-corrected chi connectivity index (χ1v) is 10.7. The van der Waals surface area contributed by atoms with Crippen LogP contribution in [0.5, 0.6) is 5.75 Å². The second-order valence-corrected chi connectivity index (χ2v) is 8.14. The van der Waals surface area contributed by atoms with Crippen LogP contribution in [0.15, 0.2) is 42.7 Å². The fourth-order valence-electron chi connectivity index (χ4n) is 4.29. The third-order valence-corrected chi connectivity index (χ3v) is 5.89. The van der Waals surface area contributed by atoms with Crippen molar-refractivity contribution in [3.63, 3.8) is 0 Å². The molecule has 190 valence electrons. The number of nitrogens with zero attached hydrogens (tertiary/aromatic N) is 2. The summed E-state index contributed by atoms with van der Waals surface area (Å²) in [7, 11) is 0. The van der Waals surface area contributed by atoms with Gasteiger partial charge in [-0.3, -0.25) is 9.78 Å². The lowest BCUT2D eigenvalue weighted by Gasteiger charge is -2.47. The van der Waals surface area contributed by atoms with Crippen molar-refractivity contribution in [2.75, 3.05) is 6.54 Å². The highest BCUT2D eigenvalue weighted by Gasteiger charge is 2.54. The number of pyridine rings is 1. The third-order valence-electron chi connectivity index (χ3n) is 5.89. The first-order valence-electron chi connectivity index (χ1n) is 10.7. The first-order chi connectivity index (χ1) is 16.3. The number of aromatic nitrogens is 1. The standard InChI is InChI=1S/C23H22F6N2O4/c1-2-4-18-21(20(33)34,35-15-7-5-14(6-8-15)22(24,25)26)10-3-12-31(18)19(32)16-13-30-11-9-17(16)23(27,28)29/h5-9,11,13,18H,2-4,10,12H2,1H3,(H,33,34)/t18-,21+/m1/s1. The summed E-state index contributed by atoms with van der Waals surface area (Å²) in [5, 5.41) is 10.1. The van der Waals surface area contributed by atoms with Gasteiger partial charge in [0, 0.05) is 25.4 Å². The quantitative estimate of drug-likeness (QED) is 0.531. The van der Waals surface area contributed by atoms with E-state index < -0.39 is 52.6 Å². The van der Waals surface area contributed by atoms with E-state index in [-0.39, 0.29) is 31.6 Å². The Morgan fingerprint density at radius 3 is 2.31 bits per heavy atom. The molecule has 2 atom stereocenters. The zero-order valence-electron chi connectivity index (χ0n) is 18.5. The molecule has 0 unspecified atom stereocenters. The summed E-state index contributed by atoms with van der Waals surface area (Å²) < 4.78 is 85.0. The van der Waals surface area contributed by atoms with Crippen molar-refractivity contribution >= 4 is 11.9 Å². The topological polar surface area (TPSA) is 79.7 Å². The lowest BCUT2D eigenvalue weighted by molar-refractivity contribution is -0.166. The molecule has 0 spiro atoms. The second-order valence-electron chi connectivity index (χ2n) is 8.14. The number of benzene rings is 1. The number of carbonyl (C=O) groups excluding carboxylic acids is 1. The Bertz CT molecular complexity index is 1070. The molecule has 1 N–H and O–H groups in total. The lowest BCUT2D eigenvalue weighted by Crippen LogP contribution is -2.65. The summed E-state index contributed by atoms with van der Waals surface area (Å²) in [4.78, 5) is 30.4. The van der Waals surface area contributed by atoms with E-state index in [0.29, 0.717) is 12.5 Å². The fourth-order valence-corrected chi connectivity index (χ4v) is 4.29. The van der Waals surface area contributed by atoms with Gasteiger partial charge in [0.15, 0.2) is 0 Å². The number of carboxylic acid groups (broad SMARTS) is 1. The van der Waals surface area contributed by atoms with Gasteiger partial charge < -0.3 is 14.7 Å². The van der Waals surface area contributed by atoms with E-state index in [1.54, 1.807) is 6.92 Å². The number of carbonyl (C=O) groups is 2. The van der Waals surface area contributed by atoms with Gasteiger partial charge in [-0.15, -0.1) is 0 Å². The number of rotatable bonds is 6. The molecule has 0 bridgehead atoms. The zero-order valence-corrected chi connectivity index (χ0v) is 18.5. The molecular formula is C23H22F6N2O4. The number of amides is 1. The van der Waals surface area contributed by atoms with Crippen LogP contribution >= 0.6 is 0 Å². The van der Waals surface area contributed by atoms with Crippen LogP contribution in [0.2, 0.25) is 0 Å². The number of halogens is 6. The van der Waals surface area contributed by atoms with Crippen LogP contribution in [0, 0.1) is 0 Å². The minimum absolute atomic E-state index is 0.0267. The Morgan fingerprint density at radius 2 is 1.77 bits per heavy atom. The Balaban J connectivity index is 2.02. The van der Waals surface area contributed by atoms with E-state index in [1.807, 2.05) is 0 Å². The van der Waals surface area contributed by atoms with Gasteiger partial charge in [0.1, 0.15) is 5.75 Å². The molecule has 2 aromatic rings. The van der Waals surface area contributed by atoms with Crippen molar-refractivity contribution in [1.82, 2.24) is 9.88 Å². The van der Waals surface area contributed by atoms with Gasteiger partial charge in [0.05, 0.1) is 22.7 Å². The highest BCUT2D eigenvalue weighted by molar-refractivity contribution is 5.96. The molecule has 0 radical (unpaired) electrons. The molecule has 12 heteroatoms. The highest BCUT2D eigenvalue weighted by Crippen LogP contribution is 2.39. The Labute approximate surface area is 196 Å². The Morgan fingerprint density at radius 1 is 1.11 bits per heavy atom. The monoisotopic (exact) mass is 504 g/mol. The number of hydrogen-bond donors (Lipinski definition) is 1. The molecule has 1 aliphatic rings. The molecule has 0 aliphatic carbocycles. The lowest BCUT2D eigenvalue weighted by atomic mass is 9.81. The number of likely N-dealkylation sites (tertiary alicyclic amines) is 1. The van der Waals surface area contributed by atoms with Gasteiger partial charge in [-0.2, -0.15) is 26.3 Å². The predicted octanol–water partition coefficient (Wildman–Crippen LogP) is 5.43. The number of ether oxygens (including phenoxy) is 1. The summed E-state index contributed by atoms with van der Waals surface area (Å²) in [5.74, 6) is -2.70. The van der Waals surface area contributed by atoms with Crippen molar-refractivity contribution in [1.29, 1.82) is 0 Å². The average Bonchev–Trinajstić information content (AvgIpc) is 2.79. The smallest absolute Gasteiger partial charge is 0.417 e. The van der Waals surface area contributed by atoms with Crippen LogP contribution in [0.4, 0.5) is 26.3 Å². The van der Waals surface area contributed by atoms with Crippen LogP contribution in [-0.2, 0) is 17.1 Å². The van der Waals surface area contributed by atoms with Crippen LogP contribution < -0.4 is 4.74 Å². The molecule has 1 fully saturated rings. The van der Waals surface area contributed by atoms with E-state index >= 15 is 0 Å². The largest absolute Gasteiger partial charge is 0.478 e. The molecule has 35 heavy (non-hydrogen) atoms. The maximum atomic E-state index is 13.5. The van der Waals surface area contributed by atoms with Gasteiger partial charge in [0.2, 0.25) is 5.60 Å². The van der Waals surface area contributed by atoms with Gasteiger partial charge >= 0.3 is 18.3 Å². The predicted molar refractivity (Wildman–Crippen MR) is 111 cm³/mol. The van der Waals surface area contributed by atoms with E-state index in [9.17, 15) is 41.0 Å². The summed E-state index contributed by atoms with van der Waals surface area (Å²) >= 11 is 0.